The molecule has 0 aromatic carbocycles. The summed E-state index contributed by atoms with van der Waals surface area (Å²) < 4.78 is 0. The van der Waals surface area contributed by atoms with Gasteiger partial charge in [-0.15, -0.1) is 0 Å². The molecule has 0 bridgehead atoms. The predicted octanol–water partition coefficient (Wildman–Crippen LogP) is 4.85. The number of Topliss-reactive ketones (excluding diaryl/α,β-unsaturated/α-hetero) is 1. The molecule has 4 aliphatic carbocycles. The van der Waals surface area contributed by atoms with Gasteiger partial charge in [0.25, 0.3) is 0 Å². The van der Waals surface area contributed by atoms with Crippen LogP contribution in [-0.2, 0) is 4.79 Å². The number of rotatable bonds is 0. The topological polar surface area (TPSA) is 17.1 Å². The standard InChI is InChI=1S/C20H26O/c1-13-8-10-19(2)14(12-13)4-5-15-16-6-7-18(21)20(16,3)11-9-17(15)19/h8,10,12,15-17H,1,4-7,9,11H2,2-3H3/t15-,16+,17-,19-,20-/m0/s1. The van der Waals surface area contributed by atoms with Crippen molar-refractivity contribution >= 4 is 5.78 Å². The molecule has 112 valence electrons. The Labute approximate surface area is 128 Å². The molecule has 1 heteroatoms. The van der Waals surface area contributed by atoms with Gasteiger partial charge in [-0.3, -0.25) is 4.79 Å². The fourth-order valence-electron chi connectivity index (χ4n) is 6.05. The van der Waals surface area contributed by atoms with Crippen molar-refractivity contribution in [3.63, 3.8) is 0 Å². The van der Waals surface area contributed by atoms with Gasteiger partial charge in [0, 0.05) is 17.3 Å². The highest BCUT2D eigenvalue weighted by atomic mass is 16.1. The minimum Gasteiger partial charge on any atom is -0.299 e. The van der Waals surface area contributed by atoms with Crippen LogP contribution in [0, 0.1) is 28.6 Å². The fraction of sp³-hybridized carbons (Fsp3) is 0.650. The highest BCUT2D eigenvalue weighted by Crippen LogP contribution is 2.63. The highest BCUT2D eigenvalue weighted by molar-refractivity contribution is 5.87. The van der Waals surface area contributed by atoms with Gasteiger partial charge in [0.2, 0.25) is 0 Å². The van der Waals surface area contributed by atoms with E-state index >= 15 is 0 Å². The Hall–Kier alpha value is -1.11. The van der Waals surface area contributed by atoms with Gasteiger partial charge in [-0.1, -0.05) is 44.2 Å². The molecule has 0 aromatic heterocycles. The normalized spacial score (nSPS) is 48.5. The second-order valence-electron chi connectivity index (χ2n) is 8.19. The first kappa shape index (κ1) is 13.5. The van der Waals surface area contributed by atoms with E-state index in [4.69, 9.17) is 0 Å². The van der Waals surface area contributed by atoms with Crippen molar-refractivity contribution in [2.45, 2.75) is 52.4 Å². The van der Waals surface area contributed by atoms with Crippen LogP contribution in [0.2, 0.25) is 0 Å². The van der Waals surface area contributed by atoms with Gasteiger partial charge in [-0.05, 0) is 55.4 Å². The number of fused-ring (bicyclic) bond motifs is 5. The Kier molecular flexibility index (Phi) is 2.72. The molecule has 0 unspecified atom stereocenters. The quantitative estimate of drug-likeness (QED) is 0.620. The van der Waals surface area contributed by atoms with Crippen molar-refractivity contribution in [1.29, 1.82) is 0 Å². The van der Waals surface area contributed by atoms with Gasteiger partial charge >= 0.3 is 0 Å². The lowest BCUT2D eigenvalue weighted by molar-refractivity contribution is -0.131. The van der Waals surface area contributed by atoms with Crippen LogP contribution in [0.4, 0.5) is 0 Å². The van der Waals surface area contributed by atoms with Gasteiger partial charge in [-0.2, -0.15) is 0 Å². The SMILES string of the molecule is C=C1C=C[C@@]2(C)C(=C1)CC[C@H]1[C@H]3CCC(=O)[C@@]3(C)CC[C@@H]12. The Morgan fingerprint density at radius 1 is 1.14 bits per heavy atom. The van der Waals surface area contributed by atoms with Crippen LogP contribution in [0.3, 0.4) is 0 Å². The number of hydrogen-bond acceptors (Lipinski definition) is 1. The van der Waals surface area contributed by atoms with E-state index in [9.17, 15) is 4.79 Å². The third-order valence-corrected chi connectivity index (χ3v) is 7.36. The van der Waals surface area contributed by atoms with E-state index in [2.05, 4.69) is 38.7 Å². The molecule has 0 spiro atoms. The van der Waals surface area contributed by atoms with Crippen LogP contribution < -0.4 is 0 Å². The van der Waals surface area contributed by atoms with Crippen molar-refractivity contribution in [3.8, 4) is 0 Å². The lowest BCUT2D eigenvalue weighted by Gasteiger charge is -2.55. The van der Waals surface area contributed by atoms with Gasteiger partial charge in [0.05, 0.1) is 0 Å². The third kappa shape index (κ3) is 1.67. The molecular formula is C20H26O. The Bertz CT molecular complexity index is 581. The second-order valence-corrected chi connectivity index (χ2v) is 8.19. The minimum absolute atomic E-state index is 0.000717. The van der Waals surface area contributed by atoms with Crippen LogP contribution in [0.25, 0.3) is 0 Å². The fourth-order valence-corrected chi connectivity index (χ4v) is 6.05. The van der Waals surface area contributed by atoms with Crippen LogP contribution in [-0.4, -0.2) is 5.78 Å². The molecule has 0 radical (unpaired) electrons. The summed E-state index contributed by atoms with van der Waals surface area (Å²) in [6.07, 6.45) is 13.7. The van der Waals surface area contributed by atoms with Crippen molar-refractivity contribution in [1.82, 2.24) is 0 Å². The summed E-state index contributed by atoms with van der Waals surface area (Å²) in [5.74, 6) is 2.66. The Balaban J connectivity index is 1.72. The summed E-state index contributed by atoms with van der Waals surface area (Å²) in [6.45, 7) is 8.79. The summed E-state index contributed by atoms with van der Waals surface area (Å²) in [7, 11) is 0. The summed E-state index contributed by atoms with van der Waals surface area (Å²) in [5, 5.41) is 0. The second kappa shape index (κ2) is 4.21. The third-order valence-electron chi connectivity index (χ3n) is 7.36. The molecular weight excluding hydrogens is 256 g/mol. The summed E-state index contributed by atoms with van der Waals surface area (Å²) in [4.78, 5) is 12.4. The van der Waals surface area contributed by atoms with Crippen molar-refractivity contribution in [3.05, 3.63) is 36.0 Å². The number of hydrogen-bond donors (Lipinski definition) is 0. The first-order valence-corrected chi connectivity index (χ1v) is 8.58. The average Bonchev–Trinajstić information content (AvgIpc) is 2.76. The zero-order valence-electron chi connectivity index (χ0n) is 13.3. The van der Waals surface area contributed by atoms with Crippen molar-refractivity contribution in [2.24, 2.45) is 28.6 Å². The maximum atomic E-state index is 12.4. The highest BCUT2D eigenvalue weighted by Gasteiger charge is 2.58. The van der Waals surface area contributed by atoms with E-state index in [1.165, 1.54) is 19.3 Å². The smallest absolute Gasteiger partial charge is 0.139 e. The molecule has 0 saturated heterocycles. The van der Waals surface area contributed by atoms with Gasteiger partial charge in [0.1, 0.15) is 5.78 Å². The molecule has 0 aliphatic heterocycles. The first-order valence-electron chi connectivity index (χ1n) is 8.58. The molecule has 0 amide bonds. The molecule has 0 N–H and O–H groups in total. The zero-order valence-corrected chi connectivity index (χ0v) is 13.3. The predicted molar refractivity (Wildman–Crippen MR) is 85.8 cm³/mol. The van der Waals surface area contributed by atoms with E-state index in [0.29, 0.717) is 11.7 Å². The summed E-state index contributed by atoms with van der Waals surface area (Å²) in [6, 6.07) is 0. The maximum absolute atomic E-state index is 12.4. The molecule has 4 rings (SSSR count). The van der Waals surface area contributed by atoms with E-state index in [-0.39, 0.29) is 10.8 Å². The molecule has 3 saturated carbocycles. The molecule has 0 aromatic rings. The van der Waals surface area contributed by atoms with Crippen molar-refractivity contribution in [2.75, 3.05) is 0 Å². The van der Waals surface area contributed by atoms with Crippen LogP contribution in [0.5, 0.6) is 0 Å². The molecule has 0 heterocycles. The molecule has 3 fully saturated rings. The zero-order chi connectivity index (χ0) is 14.8. The maximum Gasteiger partial charge on any atom is 0.139 e. The lowest BCUT2D eigenvalue weighted by atomic mass is 9.48. The molecule has 4 aliphatic rings. The lowest BCUT2D eigenvalue weighted by Crippen LogP contribution is -2.49. The Morgan fingerprint density at radius 2 is 1.95 bits per heavy atom. The van der Waals surface area contributed by atoms with E-state index in [1.807, 2.05) is 0 Å². The van der Waals surface area contributed by atoms with Crippen LogP contribution >= 0.6 is 0 Å². The van der Waals surface area contributed by atoms with Crippen LogP contribution in [0.15, 0.2) is 36.0 Å². The van der Waals surface area contributed by atoms with Gasteiger partial charge in [-0.25, -0.2) is 0 Å². The molecule has 5 atom stereocenters. The first-order chi connectivity index (χ1) is 9.95. The van der Waals surface area contributed by atoms with Crippen LogP contribution in [0.1, 0.15) is 52.4 Å². The average molecular weight is 282 g/mol. The number of allylic oxidation sites excluding steroid dienone is 5. The molecule has 21 heavy (non-hydrogen) atoms. The summed E-state index contributed by atoms with van der Waals surface area (Å²) in [5.41, 5.74) is 2.96. The monoisotopic (exact) mass is 282 g/mol. The molecule has 1 nitrogen and oxygen atoms in total. The van der Waals surface area contributed by atoms with Gasteiger partial charge < -0.3 is 0 Å². The number of carbonyl (C=O) groups is 1. The number of carbonyl (C=O) groups excluding carboxylic acids is 1. The van der Waals surface area contributed by atoms with E-state index < -0.39 is 0 Å². The van der Waals surface area contributed by atoms with E-state index in [1.54, 1.807) is 5.57 Å². The van der Waals surface area contributed by atoms with Gasteiger partial charge in [0.15, 0.2) is 0 Å². The Morgan fingerprint density at radius 3 is 2.76 bits per heavy atom. The largest absolute Gasteiger partial charge is 0.299 e. The van der Waals surface area contributed by atoms with E-state index in [0.717, 1.165) is 36.7 Å². The van der Waals surface area contributed by atoms with Crippen molar-refractivity contribution < 1.29 is 4.79 Å². The summed E-state index contributed by atoms with van der Waals surface area (Å²) >= 11 is 0. The number of ketones is 1. The minimum atomic E-state index is 0.000717.